The normalized spacial score (nSPS) is 11.3. The molecule has 0 spiro atoms. The number of benzene rings is 3. The van der Waals surface area contributed by atoms with E-state index in [0.29, 0.717) is 17.5 Å². The fraction of sp³-hybridized carbons (Fsp3) is 0.0370. The fourth-order valence-electron chi connectivity index (χ4n) is 3.95. The second-order valence-corrected chi connectivity index (χ2v) is 8.74. The van der Waals surface area contributed by atoms with Gasteiger partial charge >= 0.3 is 0 Å². The number of aromatic nitrogens is 4. The predicted octanol–water partition coefficient (Wildman–Crippen LogP) is 6.94. The van der Waals surface area contributed by atoms with Crippen molar-refractivity contribution in [3.63, 3.8) is 0 Å². The Morgan fingerprint density at radius 1 is 0.594 bits per heavy atom. The summed E-state index contributed by atoms with van der Waals surface area (Å²) in [6.45, 7) is 1.91. The van der Waals surface area contributed by atoms with Gasteiger partial charge in [0.1, 0.15) is 5.82 Å². The van der Waals surface area contributed by atoms with Gasteiger partial charge in [0.15, 0.2) is 11.6 Å². The lowest BCUT2D eigenvalue weighted by Crippen LogP contribution is -1.99. The van der Waals surface area contributed by atoms with E-state index < -0.39 is 0 Å². The van der Waals surface area contributed by atoms with E-state index in [1.165, 1.54) is 20.2 Å². The third-order valence-corrected chi connectivity index (χ3v) is 6.67. The van der Waals surface area contributed by atoms with Crippen LogP contribution in [0.25, 0.3) is 54.1 Å². The molecule has 0 saturated heterocycles. The molecule has 0 bridgehead atoms. The van der Waals surface area contributed by atoms with Crippen molar-refractivity contribution in [2.75, 3.05) is 0 Å². The van der Waals surface area contributed by atoms with Crippen LogP contribution in [0.3, 0.4) is 0 Å². The Kier molecular flexibility index (Phi) is 4.47. The second-order valence-electron chi connectivity index (χ2n) is 7.66. The molecule has 152 valence electrons. The maximum absolute atomic E-state index is 4.82. The highest BCUT2D eigenvalue weighted by atomic mass is 32.1. The van der Waals surface area contributed by atoms with E-state index in [9.17, 15) is 0 Å². The molecule has 5 heteroatoms. The Labute approximate surface area is 189 Å². The number of hydrogen-bond acceptors (Lipinski definition) is 5. The summed E-state index contributed by atoms with van der Waals surface area (Å²) in [6.07, 6.45) is 3.65. The van der Waals surface area contributed by atoms with Gasteiger partial charge in [0.2, 0.25) is 0 Å². The van der Waals surface area contributed by atoms with Crippen molar-refractivity contribution in [2.24, 2.45) is 0 Å². The monoisotopic (exact) mass is 430 g/mol. The van der Waals surface area contributed by atoms with Crippen LogP contribution in [-0.4, -0.2) is 19.9 Å². The summed E-state index contributed by atoms with van der Waals surface area (Å²) in [7, 11) is 0. The molecular weight excluding hydrogens is 412 g/mol. The van der Waals surface area contributed by atoms with Crippen LogP contribution in [-0.2, 0) is 0 Å². The number of rotatable bonds is 3. The number of fused-ring (bicyclic) bond motifs is 3. The van der Waals surface area contributed by atoms with E-state index in [0.717, 1.165) is 22.3 Å². The molecule has 0 amide bonds. The summed E-state index contributed by atoms with van der Waals surface area (Å²) < 4.78 is 2.56. The summed E-state index contributed by atoms with van der Waals surface area (Å²) in [6, 6.07) is 27.2. The van der Waals surface area contributed by atoms with E-state index in [1.54, 1.807) is 6.20 Å². The van der Waals surface area contributed by atoms with Crippen LogP contribution < -0.4 is 0 Å². The molecule has 4 nitrogen and oxygen atoms in total. The van der Waals surface area contributed by atoms with Crippen LogP contribution >= 0.6 is 11.3 Å². The molecule has 0 saturated carbocycles. The van der Waals surface area contributed by atoms with E-state index in [2.05, 4.69) is 87.7 Å². The molecule has 6 aromatic rings. The van der Waals surface area contributed by atoms with Crippen LogP contribution in [0, 0.1) is 6.92 Å². The first-order chi connectivity index (χ1) is 15.7. The quantitative estimate of drug-likeness (QED) is 0.305. The lowest BCUT2D eigenvalue weighted by molar-refractivity contribution is 0.992. The number of nitrogens with zero attached hydrogens (tertiary/aromatic N) is 4. The van der Waals surface area contributed by atoms with Gasteiger partial charge in [0.05, 0.1) is 0 Å². The van der Waals surface area contributed by atoms with Gasteiger partial charge in [-0.25, -0.2) is 15.0 Å². The topological polar surface area (TPSA) is 51.6 Å². The van der Waals surface area contributed by atoms with E-state index in [4.69, 9.17) is 4.98 Å². The van der Waals surface area contributed by atoms with Gasteiger partial charge in [-0.15, -0.1) is 11.3 Å². The van der Waals surface area contributed by atoms with Gasteiger partial charge in [-0.05, 0) is 48.4 Å². The molecule has 0 radical (unpaired) electrons. The van der Waals surface area contributed by atoms with E-state index in [1.807, 2.05) is 30.5 Å². The average Bonchev–Trinajstić information content (AvgIpc) is 3.22. The first-order valence-corrected chi connectivity index (χ1v) is 11.2. The number of thiophene rings is 1. The molecule has 3 aromatic heterocycles. The van der Waals surface area contributed by atoms with E-state index in [-0.39, 0.29) is 0 Å². The molecule has 3 aromatic carbocycles. The lowest BCUT2D eigenvalue weighted by atomic mass is 10.1. The van der Waals surface area contributed by atoms with Crippen molar-refractivity contribution in [3.8, 4) is 33.9 Å². The SMILES string of the molecule is Cc1nc(-c2ccc(-c3cccnc3)cc2)nc(-c2ccc3sc4ccccc4c3c2)n1. The first-order valence-electron chi connectivity index (χ1n) is 10.4. The van der Waals surface area contributed by atoms with Crippen molar-refractivity contribution >= 4 is 31.5 Å². The summed E-state index contributed by atoms with van der Waals surface area (Å²) >= 11 is 1.81. The molecule has 0 aliphatic rings. The highest BCUT2D eigenvalue weighted by molar-refractivity contribution is 7.25. The summed E-state index contributed by atoms with van der Waals surface area (Å²) in [5, 5.41) is 2.51. The minimum Gasteiger partial charge on any atom is -0.264 e. The Bertz CT molecular complexity index is 1570. The van der Waals surface area contributed by atoms with Crippen LogP contribution in [0.2, 0.25) is 0 Å². The van der Waals surface area contributed by atoms with Gasteiger partial charge in [0.25, 0.3) is 0 Å². The first kappa shape index (κ1) is 18.8. The zero-order chi connectivity index (χ0) is 21.5. The Balaban J connectivity index is 1.42. The third kappa shape index (κ3) is 3.33. The molecule has 32 heavy (non-hydrogen) atoms. The van der Waals surface area contributed by atoms with Gasteiger partial charge in [-0.1, -0.05) is 48.5 Å². The minimum atomic E-state index is 0.681. The summed E-state index contributed by atoms with van der Waals surface area (Å²) in [5.74, 6) is 2.08. The second kappa shape index (κ2) is 7.62. The number of pyridine rings is 1. The van der Waals surface area contributed by atoms with Crippen molar-refractivity contribution in [1.82, 2.24) is 19.9 Å². The van der Waals surface area contributed by atoms with Crippen LogP contribution in [0.15, 0.2) is 91.3 Å². The van der Waals surface area contributed by atoms with Crippen molar-refractivity contribution in [1.29, 1.82) is 0 Å². The standard InChI is InChI=1S/C27H18N4S/c1-17-29-26(19-10-8-18(9-11-19)21-5-4-14-28-16-21)31-27(30-17)20-12-13-25-23(15-20)22-6-2-3-7-24(22)32-25/h2-16H,1H3. The molecular formula is C27H18N4S. The zero-order valence-corrected chi connectivity index (χ0v) is 18.2. The largest absolute Gasteiger partial charge is 0.264 e. The van der Waals surface area contributed by atoms with Crippen LogP contribution in [0.1, 0.15) is 5.82 Å². The number of aryl methyl sites for hydroxylation is 1. The highest BCUT2D eigenvalue weighted by Gasteiger charge is 2.11. The molecule has 0 unspecified atom stereocenters. The maximum atomic E-state index is 4.82. The van der Waals surface area contributed by atoms with Crippen molar-refractivity contribution < 1.29 is 0 Å². The molecule has 0 aliphatic carbocycles. The van der Waals surface area contributed by atoms with E-state index >= 15 is 0 Å². The molecule has 0 aliphatic heterocycles. The van der Waals surface area contributed by atoms with Crippen molar-refractivity contribution in [2.45, 2.75) is 6.92 Å². The predicted molar refractivity (Wildman–Crippen MR) is 132 cm³/mol. The maximum Gasteiger partial charge on any atom is 0.163 e. The van der Waals surface area contributed by atoms with Crippen LogP contribution in [0.4, 0.5) is 0 Å². The molecule has 0 atom stereocenters. The van der Waals surface area contributed by atoms with Gasteiger partial charge in [-0.2, -0.15) is 0 Å². The average molecular weight is 431 g/mol. The third-order valence-electron chi connectivity index (χ3n) is 5.52. The Morgan fingerprint density at radius 2 is 1.31 bits per heavy atom. The molecule has 6 rings (SSSR count). The number of hydrogen-bond donors (Lipinski definition) is 0. The van der Waals surface area contributed by atoms with Crippen molar-refractivity contribution in [3.05, 3.63) is 97.1 Å². The Morgan fingerprint density at radius 3 is 2.12 bits per heavy atom. The zero-order valence-electron chi connectivity index (χ0n) is 17.4. The molecule has 3 heterocycles. The van der Waals surface area contributed by atoms with Gasteiger partial charge in [-0.3, -0.25) is 4.98 Å². The van der Waals surface area contributed by atoms with Gasteiger partial charge in [0, 0.05) is 43.7 Å². The van der Waals surface area contributed by atoms with Gasteiger partial charge < -0.3 is 0 Å². The molecule has 0 fully saturated rings. The lowest BCUT2D eigenvalue weighted by Gasteiger charge is -2.07. The highest BCUT2D eigenvalue weighted by Crippen LogP contribution is 2.35. The summed E-state index contributed by atoms with van der Waals surface area (Å²) in [4.78, 5) is 18.3. The minimum absolute atomic E-state index is 0.681. The smallest absolute Gasteiger partial charge is 0.163 e. The summed E-state index contributed by atoms with van der Waals surface area (Å²) in [5.41, 5.74) is 4.16. The van der Waals surface area contributed by atoms with Crippen LogP contribution in [0.5, 0.6) is 0 Å². The Hall–Kier alpha value is -3.96. The fourth-order valence-corrected chi connectivity index (χ4v) is 5.04. The molecule has 0 N–H and O–H groups in total.